The molecule has 3 heteroatoms. The fourth-order valence-electron chi connectivity index (χ4n) is 3.50. The van der Waals surface area contributed by atoms with Crippen LogP contribution in [-0.2, 0) is 0 Å². The van der Waals surface area contributed by atoms with Crippen molar-refractivity contribution in [2.45, 2.75) is 43.7 Å². The Morgan fingerprint density at radius 1 is 1.17 bits per heavy atom. The maximum Gasteiger partial charge on any atom is 0.0441 e. The van der Waals surface area contributed by atoms with E-state index in [1.807, 2.05) is 12.1 Å². The van der Waals surface area contributed by atoms with Gasteiger partial charge >= 0.3 is 0 Å². The summed E-state index contributed by atoms with van der Waals surface area (Å²) in [6, 6.07) is 9.44. The van der Waals surface area contributed by atoms with Crippen molar-refractivity contribution in [2.75, 3.05) is 13.1 Å². The zero-order valence-corrected chi connectivity index (χ0v) is 11.4. The highest BCUT2D eigenvalue weighted by atomic mass is 35.5. The summed E-state index contributed by atoms with van der Waals surface area (Å²) in [4.78, 5) is 2.63. The second kappa shape index (κ2) is 5.20. The van der Waals surface area contributed by atoms with Crippen LogP contribution in [0.5, 0.6) is 0 Å². The van der Waals surface area contributed by atoms with Gasteiger partial charge in [-0.2, -0.15) is 0 Å². The van der Waals surface area contributed by atoms with Crippen molar-refractivity contribution >= 4 is 11.6 Å². The number of benzene rings is 1. The minimum atomic E-state index is 0.420. The Bertz CT molecular complexity index is 421. The van der Waals surface area contributed by atoms with Gasteiger partial charge in [-0.05, 0) is 49.8 Å². The molecule has 2 fully saturated rings. The Balaban J connectivity index is 1.73. The molecule has 2 nitrogen and oxygen atoms in total. The van der Waals surface area contributed by atoms with Gasteiger partial charge in [0.1, 0.15) is 0 Å². The predicted molar refractivity (Wildman–Crippen MR) is 76.0 cm³/mol. The van der Waals surface area contributed by atoms with E-state index in [9.17, 15) is 0 Å². The Morgan fingerprint density at radius 2 is 2.00 bits per heavy atom. The molecular weight excluding hydrogens is 244 g/mol. The topological polar surface area (TPSA) is 29.3 Å². The number of fused-ring (bicyclic) bond motifs is 1. The zero-order chi connectivity index (χ0) is 12.5. The second-order valence-electron chi connectivity index (χ2n) is 5.73. The molecule has 2 N–H and O–H groups in total. The highest BCUT2D eigenvalue weighted by molar-refractivity contribution is 6.31. The quantitative estimate of drug-likeness (QED) is 0.845. The smallest absolute Gasteiger partial charge is 0.0441 e. The van der Waals surface area contributed by atoms with Crippen LogP contribution in [-0.4, -0.2) is 30.1 Å². The highest BCUT2D eigenvalue weighted by Crippen LogP contribution is 2.36. The highest BCUT2D eigenvalue weighted by Gasteiger charge is 2.33. The molecule has 0 spiro atoms. The molecule has 0 amide bonds. The third-order valence-electron chi connectivity index (χ3n) is 4.53. The summed E-state index contributed by atoms with van der Waals surface area (Å²) in [5.74, 6) is 0.601. The first-order chi connectivity index (χ1) is 8.74. The molecule has 3 atom stereocenters. The van der Waals surface area contributed by atoms with Gasteiger partial charge in [0.15, 0.2) is 0 Å². The third kappa shape index (κ3) is 2.42. The fourth-order valence-corrected chi connectivity index (χ4v) is 3.79. The van der Waals surface area contributed by atoms with E-state index in [0.29, 0.717) is 18.0 Å². The van der Waals surface area contributed by atoms with Crippen LogP contribution in [0.15, 0.2) is 24.3 Å². The molecule has 2 heterocycles. The molecule has 2 aliphatic rings. The first-order valence-corrected chi connectivity index (χ1v) is 7.36. The van der Waals surface area contributed by atoms with Crippen LogP contribution in [0.3, 0.4) is 0 Å². The molecule has 18 heavy (non-hydrogen) atoms. The molecule has 2 aliphatic heterocycles. The monoisotopic (exact) mass is 264 g/mol. The molecule has 2 saturated heterocycles. The summed E-state index contributed by atoms with van der Waals surface area (Å²) >= 11 is 6.32. The van der Waals surface area contributed by atoms with Gasteiger partial charge in [0.05, 0.1) is 0 Å². The summed E-state index contributed by atoms with van der Waals surface area (Å²) < 4.78 is 0. The molecule has 98 valence electrons. The summed E-state index contributed by atoms with van der Waals surface area (Å²) in [6.45, 7) is 2.31. The second-order valence-corrected chi connectivity index (χ2v) is 6.14. The number of halogens is 1. The molecule has 1 aromatic rings. The lowest BCUT2D eigenvalue weighted by atomic mass is 9.83. The molecule has 0 aromatic heterocycles. The molecule has 3 rings (SSSR count). The Morgan fingerprint density at radius 3 is 2.83 bits per heavy atom. The summed E-state index contributed by atoms with van der Waals surface area (Å²) in [5.41, 5.74) is 7.39. The molecule has 0 radical (unpaired) electrons. The van der Waals surface area contributed by atoms with Crippen LogP contribution >= 0.6 is 11.6 Å². The molecule has 0 aliphatic carbocycles. The van der Waals surface area contributed by atoms with Crippen molar-refractivity contribution in [1.82, 2.24) is 4.90 Å². The van der Waals surface area contributed by atoms with Gasteiger partial charge in [-0.3, -0.25) is 4.90 Å². The van der Waals surface area contributed by atoms with Crippen LogP contribution in [0.25, 0.3) is 0 Å². The first kappa shape index (κ1) is 12.5. The summed E-state index contributed by atoms with van der Waals surface area (Å²) in [7, 11) is 0. The van der Waals surface area contributed by atoms with Crippen molar-refractivity contribution in [3.63, 3.8) is 0 Å². The van der Waals surface area contributed by atoms with E-state index in [1.54, 1.807) is 0 Å². The fraction of sp³-hybridized carbons (Fsp3) is 0.600. The summed E-state index contributed by atoms with van der Waals surface area (Å²) in [5, 5.41) is 0.926. The maximum atomic E-state index is 6.32. The molecule has 1 unspecified atom stereocenters. The van der Waals surface area contributed by atoms with E-state index in [2.05, 4.69) is 17.0 Å². The van der Waals surface area contributed by atoms with E-state index in [-0.39, 0.29) is 0 Å². The lowest BCUT2D eigenvalue weighted by Crippen LogP contribution is -2.50. The Kier molecular flexibility index (Phi) is 3.60. The van der Waals surface area contributed by atoms with E-state index >= 15 is 0 Å². The minimum Gasteiger partial charge on any atom is -0.328 e. The van der Waals surface area contributed by atoms with Gasteiger partial charge in [0.2, 0.25) is 0 Å². The van der Waals surface area contributed by atoms with E-state index < -0.39 is 0 Å². The van der Waals surface area contributed by atoms with Crippen molar-refractivity contribution < 1.29 is 0 Å². The van der Waals surface area contributed by atoms with Crippen LogP contribution in [0.2, 0.25) is 5.02 Å². The maximum absolute atomic E-state index is 6.32. The van der Waals surface area contributed by atoms with Crippen molar-refractivity contribution in [2.24, 2.45) is 5.73 Å². The molecule has 0 bridgehead atoms. The van der Waals surface area contributed by atoms with Crippen LogP contribution in [0.4, 0.5) is 0 Å². The van der Waals surface area contributed by atoms with Gasteiger partial charge in [0, 0.05) is 23.7 Å². The van der Waals surface area contributed by atoms with Gasteiger partial charge in [-0.25, -0.2) is 0 Å². The standard InChI is InChI=1S/C15H21ClN2/c16-15-4-2-1-3-14(15)11-5-6-13-9-12(17)7-8-18(13)10-11/h1-4,11-13H,5-10,17H2/t11-,12+,13?/m0/s1. The van der Waals surface area contributed by atoms with Gasteiger partial charge in [-0.15, -0.1) is 0 Å². The average Bonchev–Trinajstić information content (AvgIpc) is 2.39. The Hall–Kier alpha value is -0.570. The largest absolute Gasteiger partial charge is 0.328 e. The lowest BCUT2D eigenvalue weighted by Gasteiger charge is -2.44. The third-order valence-corrected chi connectivity index (χ3v) is 4.87. The minimum absolute atomic E-state index is 0.420. The zero-order valence-electron chi connectivity index (χ0n) is 10.7. The Labute approximate surface area is 114 Å². The lowest BCUT2D eigenvalue weighted by molar-refractivity contribution is 0.0867. The average molecular weight is 265 g/mol. The number of nitrogens with two attached hydrogens (primary N) is 1. The van der Waals surface area contributed by atoms with Gasteiger partial charge in [0.25, 0.3) is 0 Å². The molecular formula is C15H21ClN2. The number of nitrogens with zero attached hydrogens (tertiary/aromatic N) is 1. The van der Waals surface area contributed by atoms with Crippen molar-refractivity contribution in [3.05, 3.63) is 34.9 Å². The number of piperidine rings is 2. The van der Waals surface area contributed by atoms with Crippen molar-refractivity contribution in [1.29, 1.82) is 0 Å². The van der Waals surface area contributed by atoms with Crippen LogP contribution < -0.4 is 5.73 Å². The molecule has 1 aromatic carbocycles. The number of hydrogen-bond acceptors (Lipinski definition) is 2. The van der Waals surface area contributed by atoms with Crippen LogP contribution in [0, 0.1) is 0 Å². The summed E-state index contributed by atoms with van der Waals surface area (Å²) in [6.07, 6.45) is 4.84. The van der Waals surface area contributed by atoms with Gasteiger partial charge < -0.3 is 5.73 Å². The van der Waals surface area contributed by atoms with Crippen LogP contribution in [0.1, 0.15) is 37.2 Å². The number of rotatable bonds is 1. The van der Waals surface area contributed by atoms with E-state index in [0.717, 1.165) is 24.5 Å². The van der Waals surface area contributed by atoms with E-state index in [1.165, 1.54) is 24.8 Å². The SMILES string of the molecule is N[C@@H]1CCN2C[C@@H](c3ccccc3Cl)CCC2C1. The van der Waals surface area contributed by atoms with Gasteiger partial charge in [-0.1, -0.05) is 29.8 Å². The molecule has 0 saturated carbocycles. The van der Waals surface area contributed by atoms with Crippen molar-refractivity contribution in [3.8, 4) is 0 Å². The van der Waals surface area contributed by atoms with E-state index in [4.69, 9.17) is 17.3 Å². The predicted octanol–water partition coefficient (Wildman–Crippen LogP) is 3.01. The normalized spacial score (nSPS) is 33.1. The number of hydrogen-bond donors (Lipinski definition) is 1. The first-order valence-electron chi connectivity index (χ1n) is 6.98.